The van der Waals surface area contributed by atoms with Crippen LogP contribution in [0.5, 0.6) is 0 Å². The zero-order chi connectivity index (χ0) is 13.7. The fourth-order valence-corrected chi connectivity index (χ4v) is 2.54. The van der Waals surface area contributed by atoms with E-state index in [1.54, 1.807) is 6.20 Å². The van der Waals surface area contributed by atoms with Crippen molar-refractivity contribution < 1.29 is 4.79 Å². The topological polar surface area (TPSA) is 42.0 Å². The van der Waals surface area contributed by atoms with Gasteiger partial charge in [0.25, 0.3) is 0 Å². The van der Waals surface area contributed by atoms with Gasteiger partial charge in [0, 0.05) is 12.1 Å². The highest BCUT2D eigenvalue weighted by Gasteiger charge is 2.14. The van der Waals surface area contributed by atoms with Crippen LogP contribution in [0.4, 0.5) is 5.13 Å². The van der Waals surface area contributed by atoms with Gasteiger partial charge in [-0.15, -0.1) is 0 Å². The molecule has 1 radical (unpaired) electrons. The number of hydrogen-bond acceptors (Lipinski definition) is 4. The van der Waals surface area contributed by atoms with Crippen LogP contribution in [0, 0.1) is 13.8 Å². The number of thiazole rings is 1. The Morgan fingerprint density at radius 1 is 1.42 bits per heavy atom. The number of aromatic nitrogens is 1. The van der Waals surface area contributed by atoms with Crippen LogP contribution in [-0.4, -0.2) is 17.3 Å². The molecule has 1 N–H and O–H groups in total. The number of ketones is 1. The highest BCUT2D eigenvalue weighted by molar-refractivity contribution is 7.17. The summed E-state index contributed by atoms with van der Waals surface area (Å²) in [6, 6.07) is 7.62. The van der Waals surface area contributed by atoms with E-state index in [9.17, 15) is 4.79 Å². The molecule has 99 valence electrons. The Kier molecular flexibility index (Phi) is 4.68. The number of rotatable bonds is 6. The zero-order valence-corrected chi connectivity index (χ0v) is 11.8. The molecule has 0 saturated heterocycles. The predicted molar refractivity (Wildman–Crippen MR) is 79.8 cm³/mol. The third-order valence-electron chi connectivity index (χ3n) is 2.82. The third kappa shape index (κ3) is 3.41. The van der Waals surface area contributed by atoms with E-state index in [1.807, 2.05) is 31.2 Å². The predicted octanol–water partition coefficient (Wildman–Crippen LogP) is 3.71. The van der Waals surface area contributed by atoms with Crippen molar-refractivity contribution >= 4 is 22.3 Å². The van der Waals surface area contributed by atoms with Gasteiger partial charge in [-0.2, -0.15) is 0 Å². The lowest BCUT2D eigenvalue weighted by atomic mass is 10.0. The molecule has 0 spiro atoms. The van der Waals surface area contributed by atoms with Gasteiger partial charge in [-0.25, -0.2) is 4.98 Å². The molecule has 19 heavy (non-hydrogen) atoms. The monoisotopic (exact) mass is 273 g/mol. The molecule has 2 rings (SSSR count). The van der Waals surface area contributed by atoms with Gasteiger partial charge >= 0.3 is 0 Å². The maximum atomic E-state index is 12.3. The van der Waals surface area contributed by atoms with E-state index in [4.69, 9.17) is 0 Å². The largest absolute Gasteiger partial charge is 0.362 e. The highest BCUT2D eigenvalue weighted by atomic mass is 32.1. The van der Waals surface area contributed by atoms with Crippen molar-refractivity contribution in [3.8, 4) is 0 Å². The molecule has 0 atom stereocenters. The lowest BCUT2D eigenvalue weighted by Crippen LogP contribution is -2.01. The van der Waals surface area contributed by atoms with Crippen LogP contribution in [-0.2, 0) is 0 Å². The minimum absolute atomic E-state index is 0.0424. The van der Waals surface area contributed by atoms with E-state index >= 15 is 0 Å². The molecule has 0 amide bonds. The first kappa shape index (κ1) is 13.7. The van der Waals surface area contributed by atoms with Crippen molar-refractivity contribution in [1.29, 1.82) is 0 Å². The maximum Gasteiger partial charge on any atom is 0.204 e. The summed E-state index contributed by atoms with van der Waals surface area (Å²) in [7, 11) is 0. The standard InChI is InChI=1S/C15H17N2OS/c1-3-4-9-16-15-17-10-13(19-15)14(18)12-8-6-5-7-11(12)2/h5-8,10H,1,3-4,9H2,2H3,(H,16,17). The number of carbonyl (C=O) groups excluding carboxylic acids is 1. The van der Waals surface area contributed by atoms with E-state index in [0.717, 1.165) is 35.6 Å². The second kappa shape index (κ2) is 6.48. The van der Waals surface area contributed by atoms with E-state index in [2.05, 4.69) is 17.2 Å². The van der Waals surface area contributed by atoms with E-state index in [-0.39, 0.29) is 5.78 Å². The van der Waals surface area contributed by atoms with Crippen molar-refractivity contribution in [2.75, 3.05) is 11.9 Å². The second-order valence-corrected chi connectivity index (χ2v) is 5.34. The van der Waals surface area contributed by atoms with E-state index in [1.165, 1.54) is 11.3 Å². The zero-order valence-electron chi connectivity index (χ0n) is 11.0. The molecule has 4 heteroatoms. The quantitative estimate of drug-likeness (QED) is 0.644. The molecule has 1 heterocycles. The summed E-state index contributed by atoms with van der Waals surface area (Å²) >= 11 is 1.40. The van der Waals surface area contributed by atoms with Crippen LogP contribution < -0.4 is 5.32 Å². The van der Waals surface area contributed by atoms with Crippen molar-refractivity contribution in [2.45, 2.75) is 19.8 Å². The van der Waals surface area contributed by atoms with Crippen molar-refractivity contribution in [3.05, 3.63) is 53.4 Å². The van der Waals surface area contributed by atoms with Gasteiger partial charge in [-0.1, -0.05) is 48.9 Å². The van der Waals surface area contributed by atoms with Gasteiger partial charge in [-0.05, 0) is 18.9 Å². The van der Waals surface area contributed by atoms with Crippen LogP contribution in [0.3, 0.4) is 0 Å². The van der Waals surface area contributed by atoms with Crippen LogP contribution in [0.2, 0.25) is 0 Å². The fourth-order valence-electron chi connectivity index (χ4n) is 1.74. The number of benzene rings is 1. The van der Waals surface area contributed by atoms with E-state index in [0.29, 0.717) is 4.88 Å². The van der Waals surface area contributed by atoms with E-state index < -0.39 is 0 Å². The minimum Gasteiger partial charge on any atom is -0.362 e. The first-order valence-corrected chi connectivity index (χ1v) is 7.13. The summed E-state index contributed by atoms with van der Waals surface area (Å²) in [5, 5.41) is 4.00. The maximum absolute atomic E-state index is 12.3. The molecule has 0 aliphatic carbocycles. The Morgan fingerprint density at radius 3 is 2.95 bits per heavy atom. The smallest absolute Gasteiger partial charge is 0.204 e. The Labute approximate surface area is 117 Å². The summed E-state index contributed by atoms with van der Waals surface area (Å²) < 4.78 is 0. The van der Waals surface area contributed by atoms with Gasteiger partial charge in [-0.3, -0.25) is 4.79 Å². The van der Waals surface area contributed by atoms with Gasteiger partial charge < -0.3 is 5.32 Å². The first-order chi connectivity index (χ1) is 9.22. The highest BCUT2D eigenvalue weighted by Crippen LogP contribution is 2.22. The molecule has 2 aromatic rings. The van der Waals surface area contributed by atoms with Crippen molar-refractivity contribution in [1.82, 2.24) is 4.98 Å². The Bertz CT molecular complexity index is 563. The van der Waals surface area contributed by atoms with Crippen LogP contribution in [0.15, 0.2) is 30.5 Å². The third-order valence-corrected chi connectivity index (χ3v) is 3.78. The number of anilines is 1. The van der Waals surface area contributed by atoms with Crippen LogP contribution >= 0.6 is 11.3 Å². The molecule has 1 aromatic carbocycles. The molecule has 1 aromatic heterocycles. The molecular formula is C15H17N2OS. The molecule has 0 aliphatic heterocycles. The van der Waals surface area contributed by atoms with Crippen LogP contribution in [0.25, 0.3) is 0 Å². The molecular weight excluding hydrogens is 256 g/mol. The van der Waals surface area contributed by atoms with Crippen molar-refractivity contribution in [2.24, 2.45) is 0 Å². The summed E-state index contributed by atoms with van der Waals surface area (Å²) in [6.07, 6.45) is 3.54. The molecule has 0 unspecified atom stereocenters. The Balaban J connectivity index is 2.10. The van der Waals surface area contributed by atoms with Gasteiger partial charge in [0.15, 0.2) is 5.13 Å². The summed E-state index contributed by atoms with van der Waals surface area (Å²) in [6.45, 7) is 6.58. The minimum atomic E-state index is 0.0424. The molecule has 0 fully saturated rings. The van der Waals surface area contributed by atoms with Gasteiger partial charge in [0.1, 0.15) is 0 Å². The normalized spacial score (nSPS) is 10.4. The SMILES string of the molecule is [CH2]CCCNc1ncc(C(=O)c2ccccc2C)s1. The molecule has 0 bridgehead atoms. The average molecular weight is 273 g/mol. The number of hydrogen-bond donors (Lipinski definition) is 1. The number of carbonyl (C=O) groups is 1. The Hall–Kier alpha value is -1.68. The van der Waals surface area contributed by atoms with Gasteiger partial charge in [0.2, 0.25) is 5.78 Å². The van der Waals surface area contributed by atoms with Crippen molar-refractivity contribution in [3.63, 3.8) is 0 Å². The lowest BCUT2D eigenvalue weighted by Gasteiger charge is -2.01. The summed E-state index contributed by atoms with van der Waals surface area (Å²) in [5.74, 6) is 0.0424. The molecule has 3 nitrogen and oxygen atoms in total. The summed E-state index contributed by atoms with van der Waals surface area (Å²) in [5.41, 5.74) is 1.74. The Morgan fingerprint density at radius 2 is 2.21 bits per heavy atom. The number of unbranched alkanes of at least 4 members (excludes halogenated alkanes) is 1. The summed E-state index contributed by atoms with van der Waals surface area (Å²) in [4.78, 5) is 17.2. The lowest BCUT2D eigenvalue weighted by molar-refractivity contribution is 0.104. The number of nitrogens with zero attached hydrogens (tertiary/aromatic N) is 1. The average Bonchev–Trinajstić information content (AvgIpc) is 2.88. The number of nitrogens with one attached hydrogen (secondary N) is 1. The molecule has 0 aliphatic rings. The fraction of sp³-hybridized carbons (Fsp3) is 0.267. The molecule has 0 saturated carbocycles. The van der Waals surface area contributed by atoms with Crippen LogP contribution in [0.1, 0.15) is 33.6 Å². The first-order valence-electron chi connectivity index (χ1n) is 6.31. The number of aryl methyl sites for hydroxylation is 1. The van der Waals surface area contributed by atoms with Gasteiger partial charge in [0.05, 0.1) is 11.1 Å². The second-order valence-electron chi connectivity index (χ2n) is 4.31.